The van der Waals surface area contributed by atoms with Crippen LogP contribution in [0, 0.1) is 4.91 Å². The third kappa shape index (κ3) is 3.58. The fraction of sp³-hybridized carbons (Fsp3) is 1.00. The van der Waals surface area contributed by atoms with Crippen LogP contribution in [-0.4, -0.2) is 103 Å². The quantitative estimate of drug-likeness (QED) is 0.138. The summed E-state index contributed by atoms with van der Waals surface area (Å²) in [6.45, 7) is -1.96. The van der Waals surface area contributed by atoms with Crippen molar-refractivity contribution in [2.45, 2.75) is 46.0 Å². The maximum absolute atomic E-state index is 10.6. The number of rotatable bonds is 5. The molecule has 2 rings (SSSR count). The van der Waals surface area contributed by atoms with Crippen molar-refractivity contribution in [3.8, 4) is 0 Å². The number of alkyl halides is 1. The maximum atomic E-state index is 10.6. The van der Waals surface area contributed by atoms with E-state index in [0.29, 0.717) is 0 Å². The normalized spacial score (nSPS) is 49.8. The van der Waals surface area contributed by atoms with Gasteiger partial charge in [-0.1, -0.05) is 5.18 Å². The van der Waals surface area contributed by atoms with Crippen LogP contribution in [0.25, 0.3) is 0 Å². The lowest BCUT2D eigenvalue weighted by molar-refractivity contribution is -0.357. The van der Waals surface area contributed by atoms with Crippen LogP contribution in [-0.2, 0) is 14.2 Å². The molecule has 0 saturated carbocycles. The van der Waals surface area contributed by atoms with Gasteiger partial charge in [0.05, 0.1) is 19.8 Å². The second-order valence-corrected chi connectivity index (χ2v) is 7.60. The van der Waals surface area contributed by atoms with Crippen molar-refractivity contribution in [3.05, 3.63) is 4.91 Å². The molecule has 0 bridgehead atoms. The molecule has 0 aliphatic carbocycles. The molecule has 8 atom stereocenters. The Morgan fingerprint density at radius 1 is 1.08 bits per heavy atom. The Balaban J connectivity index is 2.09. The number of aliphatic hydroxyl groups excluding tert-OH is 6. The van der Waals surface area contributed by atoms with Gasteiger partial charge in [-0.25, -0.2) is 0 Å². The van der Waals surface area contributed by atoms with Gasteiger partial charge in [-0.05, 0) is 22.6 Å². The lowest BCUT2D eigenvalue weighted by Crippen LogP contribution is -2.66. The predicted octanol–water partition coefficient (Wildman–Crippen LogP) is -3.18. The zero-order chi connectivity index (χ0) is 18.1. The summed E-state index contributed by atoms with van der Waals surface area (Å²) in [5.41, 5.74) is 0. The minimum atomic E-state index is -2.04. The van der Waals surface area contributed by atoms with Gasteiger partial charge in [0.25, 0.3) is 0 Å². The summed E-state index contributed by atoms with van der Waals surface area (Å²) in [7, 11) is 0. The molecule has 11 nitrogen and oxygen atoms in total. The number of hydrogen-bond donors (Lipinski definition) is 6. The predicted molar refractivity (Wildman–Crippen MR) is 84.0 cm³/mol. The molecule has 0 aromatic carbocycles. The van der Waals surface area contributed by atoms with Crippen LogP contribution in [0.2, 0.25) is 0 Å². The number of nitroso groups, excluding NO2 is 1. The molecular formula is C12H20INO10. The van der Waals surface area contributed by atoms with Crippen LogP contribution in [0.15, 0.2) is 5.18 Å². The van der Waals surface area contributed by atoms with E-state index in [1.807, 2.05) is 0 Å². The standard InChI is InChI=1S/C12H20INO10/c13-11(9(19)7(17)5(14-21)1-22-11)4-24-12(3-15)10(20)8(18)6(16)2-23-12/h5-10,15-20H,1-4H2/t5-,6-,7?,8?,9?,10-,11-,12-/m1/s1. The van der Waals surface area contributed by atoms with Gasteiger partial charge in [0.1, 0.15) is 43.2 Å². The van der Waals surface area contributed by atoms with E-state index < -0.39 is 65.8 Å². The minimum absolute atomic E-state index is 0.259. The average molecular weight is 465 g/mol. The lowest BCUT2D eigenvalue weighted by Gasteiger charge is -2.46. The summed E-state index contributed by atoms with van der Waals surface area (Å²) in [6, 6.07) is -1.14. The van der Waals surface area contributed by atoms with Crippen molar-refractivity contribution in [3.63, 3.8) is 0 Å². The Morgan fingerprint density at radius 3 is 2.33 bits per heavy atom. The zero-order valence-electron chi connectivity index (χ0n) is 12.4. The third-order valence-corrected chi connectivity index (χ3v) is 5.45. The summed E-state index contributed by atoms with van der Waals surface area (Å²) >= 11 is 1.66. The zero-order valence-corrected chi connectivity index (χ0v) is 14.6. The Morgan fingerprint density at radius 2 is 1.75 bits per heavy atom. The minimum Gasteiger partial charge on any atom is -0.391 e. The summed E-state index contributed by atoms with van der Waals surface area (Å²) in [6.07, 6.45) is -7.74. The smallest absolute Gasteiger partial charge is 0.221 e. The first kappa shape index (κ1) is 20.3. The van der Waals surface area contributed by atoms with E-state index in [4.69, 9.17) is 14.2 Å². The van der Waals surface area contributed by atoms with E-state index in [9.17, 15) is 35.5 Å². The van der Waals surface area contributed by atoms with Gasteiger partial charge in [-0.3, -0.25) is 0 Å². The van der Waals surface area contributed by atoms with E-state index >= 15 is 0 Å². The molecule has 2 aliphatic heterocycles. The van der Waals surface area contributed by atoms with Crippen molar-refractivity contribution in [2.24, 2.45) is 5.18 Å². The molecule has 12 heteroatoms. The highest BCUT2D eigenvalue weighted by molar-refractivity contribution is 14.1. The molecule has 24 heavy (non-hydrogen) atoms. The van der Waals surface area contributed by atoms with Gasteiger partial charge >= 0.3 is 0 Å². The maximum Gasteiger partial charge on any atom is 0.221 e. The van der Waals surface area contributed by atoms with E-state index in [1.54, 1.807) is 22.6 Å². The van der Waals surface area contributed by atoms with Gasteiger partial charge < -0.3 is 44.8 Å². The summed E-state index contributed by atoms with van der Waals surface area (Å²) in [5, 5.41) is 61.4. The SMILES string of the molecule is O=N[C@@H]1CO[C@](I)(CO[C@@]2(CO)OC[C@@H](O)C(O)[C@H]2O)C(O)C1O. The number of aliphatic hydroxyl groups is 6. The number of halogens is 1. The van der Waals surface area contributed by atoms with Crippen LogP contribution in [0.4, 0.5) is 0 Å². The fourth-order valence-electron chi connectivity index (χ4n) is 2.51. The first-order valence-electron chi connectivity index (χ1n) is 7.15. The van der Waals surface area contributed by atoms with Crippen molar-refractivity contribution in [1.29, 1.82) is 0 Å². The highest BCUT2D eigenvalue weighted by Gasteiger charge is 2.54. The van der Waals surface area contributed by atoms with Crippen molar-refractivity contribution in [2.75, 3.05) is 26.4 Å². The molecule has 0 aromatic rings. The van der Waals surface area contributed by atoms with Crippen molar-refractivity contribution >= 4 is 22.6 Å². The van der Waals surface area contributed by atoms with Gasteiger partial charge in [0.15, 0.2) is 3.61 Å². The van der Waals surface area contributed by atoms with Crippen LogP contribution >= 0.6 is 22.6 Å². The Kier molecular flexibility index (Phi) is 6.50. The molecule has 2 aliphatic rings. The molecule has 0 spiro atoms. The molecule has 6 N–H and O–H groups in total. The molecule has 2 fully saturated rings. The molecule has 2 saturated heterocycles. The lowest BCUT2D eigenvalue weighted by atomic mass is 9.96. The van der Waals surface area contributed by atoms with Gasteiger partial charge in [0, 0.05) is 0 Å². The molecule has 0 aromatic heterocycles. The molecule has 3 unspecified atom stereocenters. The monoisotopic (exact) mass is 465 g/mol. The first-order chi connectivity index (χ1) is 11.2. The van der Waals surface area contributed by atoms with Crippen LogP contribution in [0.3, 0.4) is 0 Å². The van der Waals surface area contributed by atoms with Crippen LogP contribution in [0.1, 0.15) is 0 Å². The van der Waals surface area contributed by atoms with Crippen molar-refractivity contribution in [1.82, 2.24) is 0 Å². The van der Waals surface area contributed by atoms with E-state index in [2.05, 4.69) is 5.18 Å². The topological polar surface area (TPSA) is 178 Å². The number of hydrogen-bond acceptors (Lipinski definition) is 11. The summed E-state index contributed by atoms with van der Waals surface area (Å²) in [5.74, 6) is -2.04. The van der Waals surface area contributed by atoms with Crippen LogP contribution < -0.4 is 0 Å². The second kappa shape index (κ2) is 7.69. The Bertz CT molecular complexity index is 458. The summed E-state index contributed by atoms with van der Waals surface area (Å²) < 4.78 is 14.4. The summed E-state index contributed by atoms with van der Waals surface area (Å²) in [4.78, 5) is 10.6. The highest BCUT2D eigenvalue weighted by Crippen LogP contribution is 2.36. The number of ether oxygens (including phenoxy) is 3. The highest BCUT2D eigenvalue weighted by atomic mass is 127. The molecule has 140 valence electrons. The molecule has 0 amide bonds. The van der Waals surface area contributed by atoms with Crippen LogP contribution in [0.5, 0.6) is 0 Å². The molecule has 2 heterocycles. The largest absolute Gasteiger partial charge is 0.391 e. The van der Waals surface area contributed by atoms with Gasteiger partial charge in [-0.15, -0.1) is 0 Å². The Labute approximate surface area is 150 Å². The first-order valence-corrected chi connectivity index (χ1v) is 8.23. The van der Waals surface area contributed by atoms with Gasteiger partial charge in [-0.2, -0.15) is 4.91 Å². The fourth-order valence-corrected chi connectivity index (χ4v) is 3.21. The number of nitrogens with zero attached hydrogens (tertiary/aromatic N) is 1. The molecular weight excluding hydrogens is 445 g/mol. The van der Waals surface area contributed by atoms with E-state index in [-0.39, 0.29) is 6.61 Å². The molecule has 0 radical (unpaired) electrons. The van der Waals surface area contributed by atoms with Crippen molar-refractivity contribution < 1.29 is 44.8 Å². The third-order valence-electron chi connectivity index (χ3n) is 4.19. The Hall–Kier alpha value is -0.0300. The van der Waals surface area contributed by atoms with E-state index in [0.717, 1.165) is 0 Å². The average Bonchev–Trinajstić information content (AvgIpc) is 2.58. The second-order valence-electron chi connectivity index (χ2n) is 5.78. The van der Waals surface area contributed by atoms with E-state index in [1.165, 1.54) is 0 Å². The van der Waals surface area contributed by atoms with Gasteiger partial charge in [0.2, 0.25) is 5.79 Å².